The molecular weight excluding hydrogens is 248 g/mol. The quantitative estimate of drug-likeness (QED) is 0.846. The van der Waals surface area contributed by atoms with Gasteiger partial charge in [-0.2, -0.15) is 0 Å². The van der Waals surface area contributed by atoms with E-state index in [2.05, 4.69) is 26.7 Å². The van der Waals surface area contributed by atoms with Crippen LogP contribution in [0.1, 0.15) is 44.0 Å². The predicted molar refractivity (Wildman–Crippen MR) is 80.5 cm³/mol. The Labute approximate surface area is 122 Å². The summed E-state index contributed by atoms with van der Waals surface area (Å²) in [5.41, 5.74) is 2.11. The highest BCUT2D eigenvalue weighted by atomic mass is 15.3. The third-order valence-electron chi connectivity index (χ3n) is 4.83. The summed E-state index contributed by atoms with van der Waals surface area (Å²) in [4.78, 5) is 14.3. The Kier molecular flexibility index (Phi) is 4.32. The van der Waals surface area contributed by atoms with Crippen molar-refractivity contribution in [3.05, 3.63) is 23.8 Å². The van der Waals surface area contributed by atoms with Gasteiger partial charge in [-0.1, -0.05) is 13.3 Å². The standard InChI is InChI=1S/C16H26N4/c1-3-15-11-19-7-5-4-6-16(19)12-20(15)10-14-9-17-13(2)8-18-14/h8-9,15-16H,3-7,10-12H2,1-2H3. The Morgan fingerprint density at radius 1 is 1.20 bits per heavy atom. The first-order valence-corrected chi connectivity index (χ1v) is 8.02. The van der Waals surface area contributed by atoms with Gasteiger partial charge in [-0.05, 0) is 32.7 Å². The minimum atomic E-state index is 0.674. The molecule has 0 radical (unpaired) electrons. The van der Waals surface area contributed by atoms with Crippen LogP contribution in [0.15, 0.2) is 12.4 Å². The SMILES string of the molecule is CCC1CN2CCCCC2CN1Cc1cnc(C)cn1. The van der Waals surface area contributed by atoms with Crippen LogP contribution in [0.2, 0.25) is 0 Å². The molecule has 2 unspecified atom stereocenters. The van der Waals surface area contributed by atoms with Gasteiger partial charge >= 0.3 is 0 Å². The number of fused-ring (bicyclic) bond motifs is 1. The van der Waals surface area contributed by atoms with E-state index in [-0.39, 0.29) is 0 Å². The highest BCUT2D eigenvalue weighted by Crippen LogP contribution is 2.26. The maximum atomic E-state index is 4.53. The van der Waals surface area contributed by atoms with E-state index in [1.54, 1.807) is 0 Å². The number of hydrogen-bond donors (Lipinski definition) is 0. The van der Waals surface area contributed by atoms with Gasteiger partial charge in [0.15, 0.2) is 0 Å². The fourth-order valence-electron chi connectivity index (χ4n) is 3.60. The molecule has 0 spiro atoms. The summed E-state index contributed by atoms with van der Waals surface area (Å²) in [7, 11) is 0. The van der Waals surface area contributed by atoms with Crippen LogP contribution < -0.4 is 0 Å². The molecule has 2 atom stereocenters. The molecular formula is C16H26N4. The van der Waals surface area contributed by atoms with Crippen LogP contribution in [-0.2, 0) is 6.54 Å². The number of nitrogens with zero attached hydrogens (tertiary/aromatic N) is 4. The average molecular weight is 274 g/mol. The lowest BCUT2D eigenvalue weighted by Crippen LogP contribution is -2.59. The second-order valence-corrected chi connectivity index (χ2v) is 6.29. The van der Waals surface area contributed by atoms with Crippen LogP contribution >= 0.6 is 0 Å². The van der Waals surface area contributed by atoms with Gasteiger partial charge in [-0.15, -0.1) is 0 Å². The van der Waals surface area contributed by atoms with E-state index < -0.39 is 0 Å². The van der Waals surface area contributed by atoms with Crippen LogP contribution in [0, 0.1) is 6.92 Å². The Bertz CT molecular complexity index is 431. The van der Waals surface area contributed by atoms with Crippen LogP contribution in [0.4, 0.5) is 0 Å². The molecule has 2 aliphatic rings. The molecule has 0 N–H and O–H groups in total. The normalized spacial score (nSPS) is 28.3. The molecule has 4 nitrogen and oxygen atoms in total. The molecule has 0 amide bonds. The summed E-state index contributed by atoms with van der Waals surface area (Å²) in [6.45, 7) is 9.00. The van der Waals surface area contributed by atoms with Crippen molar-refractivity contribution in [1.82, 2.24) is 19.8 Å². The van der Waals surface area contributed by atoms with Crippen molar-refractivity contribution in [2.24, 2.45) is 0 Å². The van der Waals surface area contributed by atoms with E-state index in [1.807, 2.05) is 19.3 Å². The minimum Gasteiger partial charge on any atom is -0.298 e. The molecule has 2 fully saturated rings. The van der Waals surface area contributed by atoms with E-state index in [0.29, 0.717) is 6.04 Å². The summed E-state index contributed by atoms with van der Waals surface area (Å²) in [5.74, 6) is 0. The smallest absolute Gasteiger partial charge is 0.0727 e. The van der Waals surface area contributed by atoms with Gasteiger partial charge in [0.2, 0.25) is 0 Å². The summed E-state index contributed by atoms with van der Waals surface area (Å²) in [6, 6.07) is 1.44. The molecule has 20 heavy (non-hydrogen) atoms. The zero-order valence-electron chi connectivity index (χ0n) is 12.8. The molecule has 3 rings (SSSR count). The number of aromatic nitrogens is 2. The fourth-order valence-corrected chi connectivity index (χ4v) is 3.60. The van der Waals surface area contributed by atoms with Gasteiger partial charge in [0.1, 0.15) is 0 Å². The molecule has 0 aromatic carbocycles. The van der Waals surface area contributed by atoms with Crippen molar-refractivity contribution in [3.63, 3.8) is 0 Å². The maximum Gasteiger partial charge on any atom is 0.0727 e. The lowest BCUT2D eigenvalue weighted by atomic mass is 9.95. The molecule has 0 bridgehead atoms. The van der Waals surface area contributed by atoms with Crippen molar-refractivity contribution in [2.75, 3.05) is 19.6 Å². The predicted octanol–water partition coefficient (Wildman–Crippen LogP) is 2.23. The van der Waals surface area contributed by atoms with Gasteiger partial charge in [0.05, 0.1) is 11.4 Å². The zero-order chi connectivity index (χ0) is 13.9. The minimum absolute atomic E-state index is 0.674. The van der Waals surface area contributed by atoms with Crippen LogP contribution in [0.3, 0.4) is 0 Å². The van der Waals surface area contributed by atoms with E-state index >= 15 is 0 Å². The molecule has 2 saturated heterocycles. The average Bonchev–Trinajstić information content (AvgIpc) is 2.49. The molecule has 110 valence electrons. The Morgan fingerprint density at radius 2 is 2.10 bits per heavy atom. The van der Waals surface area contributed by atoms with E-state index in [1.165, 1.54) is 45.3 Å². The first-order valence-electron chi connectivity index (χ1n) is 8.02. The molecule has 4 heteroatoms. The van der Waals surface area contributed by atoms with E-state index in [0.717, 1.165) is 24.0 Å². The van der Waals surface area contributed by atoms with Crippen LogP contribution in [0.25, 0.3) is 0 Å². The summed E-state index contributed by atoms with van der Waals surface area (Å²) >= 11 is 0. The number of hydrogen-bond acceptors (Lipinski definition) is 4. The first kappa shape index (κ1) is 14.0. The monoisotopic (exact) mass is 274 g/mol. The third-order valence-corrected chi connectivity index (χ3v) is 4.83. The van der Waals surface area contributed by atoms with Crippen molar-refractivity contribution in [1.29, 1.82) is 0 Å². The Hall–Kier alpha value is -1.00. The molecule has 3 heterocycles. The Morgan fingerprint density at radius 3 is 2.85 bits per heavy atom. The molecule has 2 aliphatic heterocycles. The lowest BCUT2D eigenvalue weighted by Gasteiger charge is -2.48. The van der Waals surface area contributed by atoms with Crippen molar-refractivity contribution in [2.45, 2.75) is 58.2 Å². The first-order chi connectivity index (χ1) is 9.76. The number of piperidine rings is 1. The van der Waals surface area contributed by atoms with Crippen LogP contribution in [-0.4, -0.2) is 51.5 Å². The van der Waals surface area contributed by atoms with Crippen LogP contribution in [0.5, 0.6) is 0 Å². The number of rotatable bonds is 3. The molecule has 0 saturated carbocycles. The summed E-state index contributed by atoms with van der Waals surface area (Å²) in [5, 5.41) is 0. The fraction of sp³-hybridized carbons (Fsp3) is 0.750. The maximum absolute atomic E-state index is 4.53. The molecule has 1 aromatic heterocycles. The van der Waals surface area contributed by atoms with Gasteiger partial charge in [0, 0.05) is 44.1 Å². The topological polar surface area (TPSA) is 32.3 Å². The van der Waals surface area contributed by atoms with Gasteiger partial charge < -0.3 is 0 Å². The largest absolute Gasteiger partial charge is 0.298 e. The highest BCUT2D eigenvalue weighted by molar-refractivity contribution is 5.02. The second-order valence-electron chi connectivity index (χ2n) is 6.29. The zero-order valence-corrected chi connectivity index (χ0v) is 12.8. The van der Waals surface area contributed by atoms with E-state index in [9.17, 15) is 0 Å². The van der Waals surface area contributed by atoms with Crippen molar-refractivity contribution >= 4 is 0 Å². The Balaban J connectivity index is 1.68. The second kappa shape index (κ2) is 6.19. The van der Waals surface area contributed by atoms with Crippen molar-refractivity contribution in [3.8, 4) is 0 Å². The summed E-state index contributed by atoms with van der Waals surface area (Å²) < 4.78 is 0. The number of piperazine rings is 1. The molecule has 1 aromatic rings. The van der Waals surface area contributed by atoms with Gasteiger partial charge in [-0.3, -0.25) is 19.8 Å². The molecule has 0 aliphatic carbocycles. The lowest BCUT2D eigenvalue weighted by molar-refractivity contribution is 0.00264. The van der Waals surface area contributed by atoms with Crippen molar-refractivity contribution < 1.29 is 0 Å². The van der Waals surface area contributed by atoms with Gasteiger partial charge in [-0.25, -0.2) is 0 Å². The van der Waals surface area contributed by atoms with Gasteiger partial charge in [0.25, 0.3) is 0 Å². The van der Waals surface area contributed by atoms with E-state index in [4.69, 9.17) is 0 Å². The highest BCUT2D eigenvalue weighted by Gasteiger charge is 2.34. The number of aryl methyl sites for hydroxylation is 1. The third kappa shape index (κ3) is 3.01. The summed E-state index contributed by atoms with van der Waals surface area (Å²) in [6.07, 6.45) is 9.20.